The minimum Gasteiger partial charge on any atom is -0.368 e. The highest BCUT2D eigenvalue weighted by molar-refractivity contribution is 7.13. The first-order chi connectivity index (χ1) is 10.4. The molecule has 0 unspecified atom stereocenters. The van der Waals surface area contributed by atoms with Crippen LogP contribution in [0, 0.1) is 0 Å². The van der Waals surface area contributed by atoms with Crippen molar-refractivity contribution in [2.45, 2.75) is 0 Å². The van der Waals surface area contributed by atoms with E-state index < -0.39 is 0 Å². The summed E-state index contributed by atoms with van der Waals surface area (Å²) in [6.07, 6.45) is 0. The molecule has 4 nitrogen and oxygen atoms in total. The number of thiophene rings is 1. The van der Waals surface area contributed by atoms with Crippen LogP contribution in [-0.2, 0) is 0 Å². The van der Waals surface area contributed by atoms with E-state index in [2.05, 4.69) is 15.5 Å². The van der Waals surface area contributed by atoms with E-state index in [0.717, 1.165) is 46.4 Å². The van der Waals surface area contributed by atoms with Crippen LogP contribution in [0.4, 0.5) is 0 Å². The van der Waals surface area contributed by atoms with Gasteiger partial charge in [0.2, 0.25) is 0 Å². The molecule has 0 saturated heterocycles. The Hall–Kier alpha value is -2.40. The summed E-state index contributed by atoms with van der Waals surface area (Å²) in [4.78, 5) is 5.61. The first-order valence-electron chi connectivity index (χ1n) is 6.81. The number of amidine groups is 1. The fourth-order valence-corrected chi connectivity index (χ4v) is 3.15. The molecule has 0 spiro atoms. The van der Waals surface area contributed by atoms with E-state index in [4.69, 9.17) is 4.52 Å². The monoisotopic (exact) mass is 295 g/mol. The van der Waals surface area contributed by atoms with Gasteiger partial charge in [-0.3, -0.25) is 4.99 Å². The minimum atomic E-state index is 0.789. The lowest BCUT2D eigenvalue weighted by atomic mass is 10.0. The Bertz CT molecular complexity index is 775. The fraction of sp³-hybridized carbons (Fsp3) is 0.125. The summed E-state index contributed by atoms with van der Waals surface area (Å²) in [6.45, 7) is 1.65. The van der Waals surface area contributed by atoms with Crippen LogP contribution in [0.3, 0.4) is 0 Å². The normalized spacial score (nSPS) is 14.0. The van der Waals surface area contributed by atoms with Crippen molar-refractivity contribution in [3.8, 4) is 21.9 Å². The molecule has 0 atom stereocenters. The summed E-state index contributed by atoms with van der Waals surface area (Å²) >= 11 is 1.64. The van der Waals surface area contributed by atoms with Gasteiger partial charge in [-0.15, -0.1) is 11.3 Å². The van der Waals surface area contributed by atoms with Gasteiger partial charge >= 0.3 is 0 Å². The number of hydrogen-bond donors (Lipinski definition) is 1. The van der Waals surface area contributed by atoms with Gasteiger partial charge in [0.15, 0.2) is 5.76 Å². The molecule has 4 rings (SSSR count). The molecular formula is C16H13N3OS. The van der Waals surface area contributed by atoms with Gasteiger partial charge in [0.05, 0.1) is 17.0 Å². The van der Waals surface area contributed by atoms with Crippen LogP contribution < -0.4 is 5.32 Å². The van der Waals surface area contributed by atoms with Crippen LogP contribution in [-0.4, -0.2) is 24.1 Å². The molecule has 1 aromatic carbocycles. The Morgan fingerprint density at radius 1 is 1.10 bits per heavy atom. The number of aromatic nitrogens is 1. The van der Waals surface area contributed by atoms with E-state index in [1.54, 1.807) is 11.3 Å². The van der Waals surface area contributed by atoms with E-state index in [1.807, 2.05) is 47.8 Å². The molecule has 0 fully saturated rings. The quantitative estimate of drug-likeness (QED) is 0.805. The van der Waals surface area contributed by atoms with Gasteiger partial charge in [-0.2, -0.15) is 0 Å². The summed E-state index contributed by atoms with van der Waals surface area (Å²) in [7, 11) is 0. The first-order valence-corrected chi connectivity index (χ1v) is 7.69. The number of benzene rings is 1. The molecule has 0 amide bonds. The largest absolute Gasteiger partial charge is 0.368 e. The number of aliphatic imine (C=N–C) groups is 1. The van der Waals surface area contributed by atoms with Crippen LogP contribution >= 0.6 is 11.3 Å². The fourth-order valence-electron chi connectivity index (χ4n) is 2.44. The Balaban J connectivity index is 1.92. The summed E-state index contributed by atoms with van der Waals surface area (Å²) in [5.74, 6) is 1.66. The maximum absolute atomic E-state index is 5.65. The molecule has 1 N–H and O–H groups in total. The molecule has 0 bridgehead atoms. The lowest BCUT2D eigenvalue weighted by Gasteiger charge is -2.04. The lowest BCUT2D eigenvalue weighted by Crippen LogP contribution is -2.20. The van der Waals surface area contributed by atoms with Crippen molar-refractivity contribution in [3.05, 3.63) is 53.4 Å². The van der Waals surface area contributed by atoms with Crippen LogP contribution in [0.15, 0.2) is 57.4 Å². The second-order valence-electron chi connectivity index (χ2n) is 4.74. The van der Waals surface area contributed by atoms with E-state index in [0.29, 0.717) is 0 Å². The Morgan fingerprint density at radius 2 is 2.00 bits per heavy atom. The minimum absolute atomic E-state index is 0.789. The molecule has 0 saturated carbocycles. The number of nitrogens with zero attached hydrogens (tertiary/aromatic N) is 2. The van der Waals surface area contributed by atoms with Gasteiger partial charge in [-0.25, -0.2) is 0 Å². The van der Waals surface area contributed by atoms with Crippen molar-refractivity contribution in [2.75, 3.05) is 13.1 Å². The Morgan fingerprint density at radius 3 is 2.71 bits per heavy atom. The zero-order valence-corrected chi connectivity index (χ0v) is 12.1. The van der Waals surface area contributed by atoms with Gasteiger partial charge in [0.1, 0.15) is 11.5 Å². The van der Waals surface area contributed by atoms with Gasteiger partial charge < -0.3 is 9.84 Å². The third-order valence-corrected chi connectivity index (χ3v) is 4.26. The number of hydrogen-bond acceptors (Lipinski definition) is 5. The highest BCUT2D eigenvalue weighted by Gasteiger charge is 2.25. The van der Waals surface area contributed by atoms with Crippen molar-refractivity contribution >= 4 is 17.2 Å². The third-order valence-electron chi connectivity index (χ3n) is 3.40. The van der Waals surface area contributed by atoms with Gasteiger partial charge in [-0.05, 0) is 11.4 Å². The SMILES string of the molecule is c1ccc(-c2noc(-c3cccs3)c2C2=NCCN2)cc1. The van der Waals surface area contributed by atoms with Crippen molar-refractivity contribution in [3.63, 3.8) is 0 Å². The van der Waals surface area contributed by atoms with Crippen molar-refractivity contribution in [1.29, 1.82) is 0 Å². The van der Waals surface area contributed by atoms with Gasteiger partial charge in [-0.1, -0.05) is 41.6 Å². The summed E-state index contributed by atoms with van der Waals surface area (Å²) in [5.41, 5.74) is 2.84. The van der Waals surface area contributed by atoms with E-state index in [1.165, 1.54) is 0 Å². The topological polar surface area (TPSA) is 50.4 Å². The van der Waals surface area contributed by atoms with E-state index >= 15 is 0 Å². The molecule has 0 radical (unpaired) electrons. The summed E-state index contributed by atoms with van der Waals surface area (Å²) in [6, 6.07) is 14.1. The highest BCUT2D eigenvalue weighted by atomic mass is 32.1. The lowest BCUT2D eigenvalue weighted by molar-refractivity contribution is 0.435. The van der Waals surface area contributed by atoms with Gasteiger partial charge in [0, 0.05) is 12.1 Å². The third kappa shape index (κ3) is 2.15. The predicted octanol–water partition coefficient (Wildman–Crippen LogP) is 3.42. The van der Waals surface area contributed by atoms with E-state index in [9.17, 15) is 0 Å². The molecule has 1 aliphatic rings. The molecular weight excluding hydrogens is 282 g/mol. The highest BCUT2D eigenvalue weighted by Crippen LogP contribution is 2.35. The summed E-state index contributed by atoms with van der Waals surface area (Å²) < 4.78 is 5.65. The first kappa shape index (κ1) is 12.3. The molecule has 104 valence electrons. The maximum Gasteiger partial charge on any atom is 0.188 e. The molecule has 0 aliphatic carbocycles. The summed E-state index contributed by atoms with van der Waals surface area (Å²) in [5, 5.41) is 9.66. The second-order valence-corrected chi connectivity index (χ2v) is 5.68. The molecule has 5 heteroatoms. The molecule has 1 aliphatic heterocycles. The second kappa shape index (κ2) is 5.18. The van der Waals surface area contributed by atoms with Gasteiger partial charge in [0.25, 0.3) is 0 Å². The van der Waals surface area contributed by atoms with Crippen LogP contribution in [0.2, 0.25) is 0 Å². The van der Waals surface area contributed by atoms with E-state index in [-0.39, 0.29) is 0 Å². The van der Waals surface area contributed by atoms with Crippen molar-refractivity contribution in [1.82, 2.24) is 10.5 Å². The van der Waals surface area contributed by atoms with Crippen molar-refractivity contribution < 1.29 is 4.52 Å². The number of nitrogens with one attached hydrogen (secondary N) is 1. The number of rotatable bonds is 3. The molecule has 21 heavy (non-hydrogen) atoms. The average molecular weight is 295 g/mol. The van der Waals surface area contributed by atoms with Crippen LogP contribution in [0.5, 0.6) is 0 Å². The zero-order valence-electron chi connectivity index (χ0n) is 11.2. The van der Waals surface area contributed by atoms with Crippen molar-refractivity contribution in [2.24, 2.45) is 4.99 Å². The Kier molecular flexibility index (Phi) is 3.05. The van der Waals surface area contributed by atoms with Crippen LogP contribution in [0.1, 0.15) is 5.56 Å². The van der Waals surface area contributed by atoms with Crippen LogP contribution in [0.25, 0.3) is 21.9 Å². The standard InChI is InChI=1S/C16H13N3OS/c1-2-5-11(6-3-1)14-13(16-17-8-9-18-16)15(20-19-14)12-7-4-10-21-12/h1-7,10H,8-9H2,(H,17,18). The molecule has 3 aromatic rings. The zero-order chi connectivity index (χ0) is 14.1. The maximum atomic E-state index is 5.65. The predicted molar refractivity (Wildman–Crippen MR) is 84.7 cm³/mol. The smallest absolute Gasteiger partial charge is 0.188 e. The Labute approximate surface area is 126 Å². The molecule has 3 heterocycles. The average Bonchev–Trinajstić information content (AvgIpc) is 3.27. The molecule has 2 aromatic heterocycles.